The fraction of sp³-hybridized carbons (Fsp3) is 0.900. The van der Waals surface area contributed by atoms with E-state index in [4.69, 9.17) is 0 Å². The minimum Gasteiger partial charge on any atom is -0.337 e. The van der Waals surface area contributed by atoms with Crippen LogP contribution in [0.3, 0.4) is 0 Å². The van der Waals surface area contributed by atoms with Gasteiger partial charge in [0.15, 0.2) is 0 Å². The van der Waals surface area contributed by atoms with Gasteiger partial charge in [-0.2, -0.15) is 0 Å². The van der Waals surface area contributed by atoms with Crippen LogP contribution in [0.2, 0.25) is 0 Å². The zero-order valence-electron chi connectivity index (χ0n) is 9.60. The molecule has 0 rings (SSSR count). The zero-order valence-corrected chi connectivity index (χ0v) is 9.60. The molecule has 0 unspecified atom stereocenters. The smallest absolute Gasteiger partial charge is 0.316 e. The van der Waals surface area contributed by atoms with Crippen molar-refractivity contribution < 1.29 is 4.79 Å². The molecule has 0 aliphatic carbocycles. The summed E-state index contributed by atoms with van der Waals surface area (Å²) >= 11 is 0. The molecule has 0 heterocycles. The van der Waals surface area contributed by atoms with E-state index in [0.717, 1.165) is 13.1 Å². The lowest BCUT2D eigenvalue weighted by Crippen LogP contribution is -2.38. The van der Waals surface area contributed by atoms with Crippen molar-refractivity contribution in [1.82, 2.24) is 15.5 Å². The highest BCUT2D eigenvalue weighted by Crippen LogP contribution is 1.90. The van der Waals surface area contributed by atoms with Crippen LogP contribution in [0.5, 0.6) is 0 Å². The predicted molar refractivity (Wildman–Crippen MR) is 59.5 cm³/mol. The van der Waals surface area contributed by atoms with Gasteiger partial charge in [0.1, 0.15) is 0 Å². The SMILES string of the molecule is CCCCCNCCNC(=O)N(C)C. The van der Waals surface area contributed by atoms with Crippen LogP contribution < -0.4 is 10.6 Å². The molecule has 4 nitrogen and oxygen atoms in total. The van der Waals surface area contributed by atoms with Gasteiger partial charge in [-0.25, -0.2) is 4.79 Å². The summed E-state index contributed by atoms with van der Waals surface area (Å²) < 4.78 is 0. The first-order chi connectivity index (χ1) is 6.68. The highest BCUT2D eigenvalue weighted by Gasteiger charge is 1.99. The summed E-state index contributed by atoms with van der Waals surface area (Å²) in [5.74, 6) is 0. The van der Waals surface area contributed by atoms with Gasteiger partial charge in [0, 0.05) is 27.2 Å². The van der Waals surface area contributed by atoms with E-state index in [1.807, 2.05) is 0 Å². The normalized spacial score (nSPS) is 9.93. The molecule has 0 radical (unpaired) electrons. The van der Waals surface area contributed by atoms with Crippen LogP contribution in [0.15, 0.2) is 0 Å². The molecular formula is C10H23N3O. The molecule has 14 heavy (non-hydrogen) atoms. The van der Waals surface area contributed by atoms with Gasteiger partial charge >= 0.3 is 6.03 Å². The van der Waals surface area contributed by atoms with Crippen molar-refractivity contribution in [3.8, 4) is 0 Å². The second kappa shape index (κ2) is 8.81. The van der Waals surface area contributed by atoms with Gasteiger partial charge in [-0.1, -0.05) is 19.8 Å². The quantitative estimate of drug-likeness (QED) is 0.604. The van der Waals surface area contributed by atoms with Crippen LogP contribution in [0.4, 0.5) is 4.79 Å². The van der Waals surface area contributed by atoms with E-state index in [0.29, 0.717) is 6.54 Å². The Bertz CT molecular complexity index is 148. The van der Waals surface area contributed by atoms with Gasteiger partial charge in [0.25, 0.3) is 0 Å². The number of hydrogen-bond donors (Lipinski definition) is 2. The molecular weight excluding hydrogens is 178 g/mol. The molecule has 0 fully saturated rings. The van der Waals surface area contributed by atoms with Crippen LogP contribution in [0.25, 0.3) is 0 Å². The lowest BCUT2D eigenvalue weighted by atomic mass is 10.2. The lowest BCUT2D eigenvalue weighted by molar-refractivity contribution is 0.217. The number of rotatable bonds is 7. The van der Waals surface area contributed by atoms with Crippen molar-refractivity contribution in [2.24, 2.45) is 0 Å². The van der Waals surface area contributed by atoms with Gasteiger partial charge in [-0.05, 0) is 13.0 Å². The molecule has 0 atom stereocenters. The van der Waals surface area contributed by atoms with Gasteiger partial charge in [-0.3, -0.25) is 0 Å². The van der Waals surface area contributed by atoms with Crippen molar-refractivity contribution >= 4 is 6.03 Å². The number of nitrogens with zero attached hydrogens (tertiary/aromatic N) is 1. The van der Waals surface area contributed by atoms with Gasteiger partial charge < -0.3 is 15.5 Å². The largest absolute Gasteiger partial charge is 0.337 e. The van der Waals surface area contributed by atoms with E-state index in [2.05, 4.69) is 17.6 Å². The molecule has 2 amide bonds. The number of urea groups is 1. The van der Waals surface area contributed by atoms with E-state index in [1.165, 1.54) is 24.2 Å². The highest BCUT2D eigenvalue weighted by atomic mass is 16.2. The Kier molecular flexibility index (Phi) is 8.33. The number of nitrogens with one attached hydrogen (secondary N) is 2. The van der Waals surface area contributed by atoms with Crippen molar-refractivity contribution in [1.29, 1.82) is 0 Å². The third-order valence-corrected chi connectivity index (χ3v) is 1.94. The topological polar surface area (TPSA) is 44.4 Å². The maximum Gasteiger partial charge on any atom is 0.316 e. The third kappa shape index (κ3) is 7.86. The number of carbonyl (C=O) groups is 1. The van der Waals surface area contributed by atoms with Crippen molar-refractivity contribution in [3.63, 3.8) is 0 Å². The summed E-state index contributed by atoms with van der Waals surface area (Å²) in [6.07, 6.45) is 3.74. The highest BCUT2D eigenvalue weighted by molar-refractivity contribution is 5.73. The Morgan fingerprint density at radius 1 is 1.14 bits per heavy atom. The number of amides is 2. The number of carbonyl (C=O) groups excluding carboxylic acids is 1. The molecule has 0 aromatic rings. The van der Waals surface area contributed by atoms with Crippen LogP contribution in [0.1, 0.15) is 26.2 Å². The molecule has 2 N–H and O–H groups in total. The molecule has 0 bridgehead atoms. The van der Waals surface area contributed by atoms with Gasteiger partial charge in [0.2, 0.25) is 0 Å². The second-order valence-corrected chi connectivity index (χ2v) is 3.58. The summed E-state index contributed by atoms with van der Waals surface area (Å²) in [4.78, 5) is 12.6. The Morgan fingerprint density at radius 2 is 1.86 bits per heavy atom. The monoisotopic (exact) mass is 201 g/mol. The minimum atomic E-state index is -0.0274. The third-order valence-electron chi connectivity index (χ3n) is 1.94. The van der Waals surface area contributed by atoms with Crippen LogP contribution in [-0.2, 0) is 0 Å². The molecule has 0 saturated heterocycles. The van der Waals surface area contributed by atoms with Crippen molar-refractivity contribution in [3.05, 3.63) is 0 Å². The maximum absolute atomic E-state index is 11.1. The number of unbranched alkanes of at least 4 members (excludes halogenated alkanes) is 2. The van der Waals surface area contributed by atoms with Crippen LogP contribution >= 0.6 is 0 Å². The van der Waals surface area contributed by atoms with E-state index < -0.39 is 0 Å². The Morgan fingerprint density at radius 3 is 2.43 bits per heavy atom. The lowest BCUT2D eigenvalue weighted by Gasteiger charge is -2.12. The molecule has 84 valence electrons. The summed E-state index contributed by atoms with van der Waals surface area (Å²) in [5, 5.41) is 6.08. The first-order valence-corrected chi connectivity index (χ1v) is 5.34. The zero-order chi connectivity index (χ0) is 10.8. The van der Waals surface area contributed by atoms with Gasteiger partial charge in [-0.15, -0.1) is 0 Å². The van der Waals surface area contributed by atoms with E-state index in [1.54, 1.807) is 14.1 Å². The average molecular weight is 201 g/mol. The minimum absolute atomic E-state index is 0.0274. The standard InChI is InChI=1S/C10H23N3O/c1-4-5-6-7-11-8-9-12-10(14)13(2)3/h11H,4-9H2,1-3H3,(H,12,14). The molecule has 0 aromatic carbocycles. The number of hydrogen-bond acceptors (Lipinski definition) is 2. The maximum atomic E-state index is 11.1. The molecule has 0 saturated carbocycles. The summed E-state index contributed by atoms with van der Waals surface area (Å²) in [6.45, 7) is 4.79. The predicted octanol–water partition coefficient (Wildman–Crippen LogP) is 1.04. The van der Waals surface area contributed by atoms with Crippen LogP contribution in [-0.4, -0.2) is 44.7 Å². The first kappa shape index (κ1) is 13.2. The Hall–Kier alpha value is -0.770. The second-order valence-electron chi connectivity index (χ2n) is 3.58. The van der Waals surface area contributed by atoms with E-state index in [-0.39, 0.29) is 6.03 Å². The molecule has 0 aromatic heterocycles. The summed E-state index contributed by atoms with van der Waals surface area (Å²) in [7, 11) is 3.48. The fourth-order valence-electron chi connectivity index (χ4n) is 1.04. The van der Waals surface area contributed by atoms with E-state index in [9.17, 15) is 4.79 Å². The molecule has 0 spiro atoms. The Balaban J connectivity index is 3.10. The summed E-state index contributed by atoms with van der Waals surface area (Å²) in [5.41, 5.74) is 0. The fourth-order valence-corrected chi connectivity index (χ4v) is 1.04. The molecule has 0 aliphatic rings. The first-order valence-electron chi connectivity index (χ1n) is 5.34. The summed E-state index contributed by atoms with van der Waals surface area (Å²) in [6, 6.07) is -0.0274. The van der Waals surface area contributed by atoms with Crippen molar-refractivity contribution in [2.75, 3.05) is 33.7 Å². The molecule has 4 heteroatoms. The molecule has 0 aliphatic heterocycles. The van der Waals surface area contributed by atoms with Gasteiger partial charge in [0.05, 0.1) is 0 Å². The van der Waals surface area contributed by atoms with Crippen molar-refractivity contribution in [2.45, 2.75) is 26.2 Å². The Labute approximate surface area is 87.0 Å². The van der Waals surface area contributed by atoms with E-state index >= 15 is 0 Å². The average Bonchev–Trinajstić information content (AvgIpc) is 2.16. The van der Waals surface area contributed by atoms with Crippen LogP contribution in [0, 0.1) is 0 Å².